The fourth-order valence-corrected chi connectivity index (χ4v) is 7.06. The van der Waals surface area contributed by atoms with Gasteiger partial charge in [-0.25, -0.2) is 4.98 Å². The van der Waals surface area contributed by atoms with Crippen molar-refractivity contribution in [3.8, 4) is 11.4 Å². The third-order valence-electron chi connectivity index (χ3n) is 6.51. The number of para-hydroxylation sites is 1. The molecule has 4 aromatic rings. The van der Waals surface area contributed by atoms with Crippen molar-refractivity contribution in [1.29, 1.82) is 0 Å². The highest BCUT2D eigenvalue weighted by atomic mass is 32.2. The number of fused-ring (bicyclic) bond motifs is 3. The van der Waals surface area contributed by atoms with Gasteiger partial charge in [0.2, 0.25) is 5.91 Å². The Kier molecular flexibility index (Phi) is 7.67. The van der Waals surface area contributed by atoms with Gasteiger partial charge in [0.25, 0.3) is 5.56 Å². The predicted molar refractivity (Wildman–Crippen MR) is 153 cm³/mol. The Morgan fingerprint density at radius 3 is 2.54 bits per heavy atom. The largest absolute Gasteiger partial charge is 0.494 e. The molecule has 6 nitrogen and oxygen atoms in total. The third-order valence-corrected chi connectivity index (χ3v) is 8.62. The summed E-state index contributed by atoms with van der Waals surface area (Å²) in [5, 5.41) is 1.27. The molecule has 0 saturated heterocycles. The normalized spacial score (nSPS) is 13.1. The summed E-state index contributed by atoms with van der Waals surface area (Å²) in [6, 6.07) is 17.2. The lowest BCUT2D eigenvalue weighted by Gasteiger charge is -2.27. The maximum absolute atomic E-state index is 14.0. The average Bonchev–Trinajstić information content (AvgIpc) is 3.27. The number of aryl methyl sites for hydroxylation is 2. The molecule has 0 saturated carbocycles. The molecule has 0 N–H and O–H groups in total. The highest BCUT2D eigenvalue weighted by Crippen LogP contribution is 2.35. The molecule has 0 unspecified atom stereocenters. The number of ether oxygens (including phenoxy) is 1. The summed E-state index contributed by atoms with van der Waals surface area (Å²) in [6.07, 6.45) is 4.16. The van der Waals surface area contributed by atoms with Crippen molar-refractivity contribution in [2.45, 2.75) is 57.7 Å². The number of thiophene rings is 1. The molecule has 5 rings (SSSR count). The van der Waals surface area contributed by atoms with Crippen LogP contribution in [-0.2, 0) is 17.6 Å². The number of anilines is 1. The molecule has 37 heavy (non-hydrogen) atoms. The molecule has 2 heterocycles. The standard InChI is InChI=1S/C29H31N3O3S2/c1-4-35-22-16-14-21(15-17-22)32-28(34)26-23-12-8-9-13-24(23)37-27(26)30-29(32)36-18-25(33)31(19(2)3)20-10-6-5-7-11-20/h5-7,10-11,14-17,19H,4,8-9,12-13,18H2,1-3H3. The van der Waals surface area contributed by atoms with E-state index in [0.717, 1.165) is 58.6 Å². The van der Waals surface area contributed by atoms with Gasteiger partial charge in [0.05, 0.1) is 23.4 Å². The first-order valence-electron chi connectivity index (χ1n) is 12.8. The first-order chi connectivity index (χ1) is 18.0. The third kappa shape index (κ3) is 5.18. The Morgan fingerprint density at radius 2 is 1.84 bits per heavy atom. The van der Waals surface area contributed by atoms with Crippen LogP contribution in [0.1, 0.15) is 44.1 Å². The van der Waals surface area contributed by atoms with Gasteiger partial charge in [-0.2, -0.15) is 0 Å². The lowest BCUT2D eigenvalue weighted by molar-refractivity contribution is -0.116. The van der Waals surface area contributed by atoms with Crippen molar-refractivity contribution in [1.82, 2.24) is 9.55 Å². The highest BCUT2D eigenvalue weighted by molar-refractivity contribution is 7.99. The fourth-order valence-electron chi connectivity index (χ4n) is 4.88. The van der Waals surface area contributed by atoms with Gasteiger partial charge in [-0.1, -0.05) is 30.0 Å². The molecule has 2 aromatic carbocycles. The Labute approximate surface area is 225 Å². The minimum atomic E-state index is -0.0627. The van der Waals surface area contributed by atoms with E-state index in [1.54, 1.807) is 20.8 Å². The Morgan fingerprint density at radius 1 is 1.11 bits per heavy atom. The van der Waals surface area contributed by atoms with Gasteiger partial charge in [0, 0.05) is 16.6 Å². The van der Waals surface area contributed by atoms with E-state index in [2.05, 4.69) is 0 Å². The van der Waals surface area contributed by atoms with Gasteiger partial charge in [0.1, 0.15) is 10.6 Å². The lowest BCUT2D eigenvalue weighted by atomic mass is 9.97. The maximum Gasteiger partial charge on any atom is 0.267 e. The van der Waals surface area contributed by atoms with Crippen LogP contribution in [-0.4, -0.2) is 33.9 Å². The van der Waals surface area contributed by atoms with E-state index in [1.807, 2.05) is 75.4 Å². The zero-order valence-electron chi connectivity index (χ0n) is 21.4. The van der Waals surface area contributed by atoms with E-state index in [0.29, 0.717) is 11.8 Å². The topological polar surface area (TPSA) is 64.4 Å². The molecule has 1 aliphatic carbocycles. The molecular formula is C29H31N3O3S2. The molecule has 2 aromatic heterocycles. The Hall–Kier alpha value is -3.10. The molecule has 1 aliphatic rings. The van der Waals surface area contributed by atoms with Crippen molar-refractivity contribution in [2.75, 3.05) is 17.3 Å². The summed E-state index contributed by atoms with van der Waals surface area (Å²) >= 11 is 2.95. The van der Waals surface area contributed by atoms with Crippen molar-refractivity contribution in [3.63, 3.8) is 0 Å². The van der Waals surface area contributed by atoms with Gasteiger partial charge in [-0.15, -0.1) is 11.3 Å². The highest BCUT2D eigenvalue weighted by Gasteiger charge is 2.25. The second-order valence-corrected chi connectivity index (χ2v) is 11.4. The molecular weight excluding hydrogens is 502 g/mol. The van der Waals surface area contributed by atoms with Gasteiger partial charge in [-0.05, 0) is 88.4 Å². The van der Waals surface area contributed by atoms with Crippen LogP contribution in [0.15, 0.2) is 64.5 Å². The van der Waals surface area contributed by atoms with Gasteiger partial charge < -0.3 is 9.64 Å². The second kappa shape index (κ2) is 11.1. The summed E-state index contributed by atoms with van der Waals surface area (Å²) in [7, 11) is 0. The number of carbonyl (C=O) groups excluding carboxylic acids is 1. The van der Waals surface area contributed by atoms with Crippen molar-refractivity contribution < 1.29 is 9.53 Å². The monoisotopic (exact) mass is 533 g/mol. The summed E-state index contributed by atoms with van der Waals surface area (Å²) in [5.41, 5.74) is 2.68. The van der Waals surface area contributed by atoms with Gasteiger partial charge in [0.15, 0.2) is 5.16 Å². The number of carbonyl (C=O) groups is 1. The first kappa shape index (κ1) is 25.5. The van der Waals surface area contributed by atoms with E-state index in [9.17, 15) is 9.59 Å². The smallest absolute Gasteiger partial charge is 0.267 e. The Balaban J connectivity index is 1.55. The molecule has 1 amide bonds. The van der Waals surface area contributed by atoms with Crippen molar-refractivity contribution in [2.24, 2.45) is 0 Å². The number of benzene rings is 2. The maximum atomic E-state index is 14.0. The van der Waals surface area contributed by atoms with Crippen LogP contribution in [0, 0.1) is 0 Å². The summed E-state index contributed by atoms with van der Waals surface area (Å²) < 4.78 is 7.27. The first-order valence-corrected chi connectivity index (χ1v) is 14.6. The zero-order chi connectivity index (χ0) is 25.9. The number of hydrogen-bond acceptors (Lipinski definition) is 6. The van der Waals surface area contributed by atoms with Crippen LogP contribution in [0.3, 0.4) is 0 Å². The summed E-state index contributed by atoms with van der Waals surface area (Å²) in [5.74, 6) is 0.901. The van der Waals surface area contributed by atoms with Gasteiger partial charge >= 0.3 is 0 Å². The van der Waals surface area contributed by atoms with Gasteiger partial charge in [-0.3, -0.25) is 14.2 Å². The molecule has 0 bridgehead atoms. The SMILES string of the molecule is CCOc1ccc(-n2c(SCC(=O)N(c3ccccc3)C(C)C)nc3sc4c(c3c2=O)CCCC4)cc1. The summed E-state index contributed by atoms with van der Waals surface area (Å²) in [6.45, 7) is 6.53. The van der Waals surface area contributed by atoms with Crippen molar-refractivity contribution >= 4 is 44.9 Å². The molecule has 0 aliphatic heterocycles. The second-order valence-electron chi connectivity index (χ2n) is 9.33. The van der Waals surface area contributed by atoms with Crippen LogP contribution < -0.4 is 15.2 Å². The minimum Gasteiger partial charge on any atom is -0.494 e. The number of amides is 1. The fraction of sp³-hybridized carbons (Fsp3) is 0.345. The number of thioether (sulfide) groups is 1. The van der Waals surface area contributed by atoms with E-state index in [4.69, 9.17) is 9.72 Å². The average molecular weight is 534 g/mol. The van der Waals surface area contributed by atoms with E-state index < -0.39 is 0 Å². The zero-order valence-corrected chi connectivity index (χ0v) is 23.0. The quantitative estimate of drug-likeness (QED) is 0.198. The molecule has 8 heteroatoms. The molecule has 192 valence electrons. The van der Waals surface area contributed by atoms with Crippen LogP contribution >= 0.6 is 23.1 Å². The lowest BCUT2D eigenvalue weighted by Crippen LogP contribution is -2.38. The minimum absolute atomic E-state index is 0.00302. The molecule has 0 fully saturated rings. The van der Waals surface area contributed by atoms with Crippen LogP contribution in [0.4, 0.5) is 5.69 Å². The molecule has 0 radical (unpaired) electrons. The predicted octanol–water partition coefficient (Wildman–Crippen LogP) is 6.26. The number of hydrogen-bond donors (Lipinski definition) is 0. The van der Waals surface area contributed by atoms with Crippen LogP contribution in [0.25, 0.3) is 15.9 Å². The molecule has 0 spiro atoms. The van der Waals surface area contributed by atoms with Crippen molar-refractivity contribution in [3.05, 3.63) is 75.4 Å². The number of rotatable bonds is 8. The van der Waals surface area contributed by atoms with E-state index in [1.165, 1.54) is 16.6 Å². The molecule has 0 atom stereocenters. The van der Waals surface area contributed by atoms with E-state index in [-0.39, 0.29) is 23.3 Å². The number of aromatic nitrogens is 2. The number of nitrogens with zero attached hydrogens (tertiary/aromatic N) is 3. The van der Waals surface area contributed by atoms with Crippen LogP contribution in [0.5, 0.6) is 5.75 Å². The van der Waals surface area contributed by atoms with E-state index >= 15 is 0 Å². The van der Waals surface area contributed by atoms with Crippen LogP contribution in [0.2, 0.25) is 0 Å². The Bertz CT molecular complexity index is 1460. The summed E-state index contributed by atoms with van der Waals surface area (Å²) in [4.78, 5) is 36.2.